The zero-order valence-corrected chi connectivity index (χ0v) is 10.9. The minimum atomic E-state index is 0.127. The van der Waals surface area contributed by atoms with Crippen LogP contribution < -0.4 is 15.8 Å². The first kappa shape index (κ1) is 13.2. The molecule has 0 fully saturated rings. The Kier molecular flexibility index (Phi) is 4.44. The van der Waals surface area contributed by atoms with Crippen LogP contribution >= 0.6 is 0 Å². The van der Waals surface area contributed by atoms with E-state index in [1.165, 1.54) is 5.56 Å². The van der Waals surface area contributed by atoms with Gasteiger partial charge in [-0.05, 0) is 43.5 Å². The molecular weight excluding hydrogens is 228 g/mol. The quantitative estimate of drug-likeness (QED) is 0.716. The molecule has 4 nitrogen and oxygen atoms in total. The van der Waals surface area contributed by atoms with Gasteiger partial charge in [-0.1, -0.05) is 0 Å². The summed E-state index contributed by atoms with van der Waals surface area (Å²) in [4.78, 5) is 0. The van der Waals surface area contributed by atoms with Gasteiger partial charge in [0.1, 0.15) is 11.9 Å². The van der Waals surface area contributed by atoms with Gasteiger partial charge in [0.05, 0.1) is 0 Å². The number of benzene rings is 1. The highest BCUT2D eigenvalue weighted by atomic mass is 16.5. The molecule has 0 amide bonds. The second kappa shape index (κ2) is 6.07. The number of ether oxygens (including phenoxy) is 1. The number of aliphatic hydroxyl groups is 1. The molecule has 1 heterocycles. The maximum atomic E-state index is 8.81. The lowest BCUT2D eigenvalue weighted by Gasteiger charge is -2.15. The maximum Gasteiger partial charge on any atom is 0.123 e. The molecule has 0 aliphatic carbocycles. The van der Waals surface area contributed by atoms with Crippen molar-refractivity contribution in [2.24, 2.45) is 5.73 Å². The van der Waals surface area contributed by atoms with Crippen molar-refractivity contribution in [2.75, 3.05) is 18.5 Å². The van der Waals surface area contributed by atoms with Crippen molar-refractivity contribution >= 4 is 5.69 Å². The zero-order chi connectivity index (χ0) is 13.0. The van der Waals surface area contributed by atoms with Gasteiger partial charge >= 0.3 is 0 Å². The summed E-state index contributed by atoms with van der Waals surface area (Å²) in [5.74, 6) is 0.957. The monoisotopic (exact) mass is 250 g/mol. The van der Waals surface area contributed by atoms with E-state index in [4.69, 9.17) is 15.6 Å². The lowest BCUT2D eigenvalue weighted by Crippen LogP contribution is -2.24. The van der Waals surface area contributed by atoms with Crippen LogP contribution in [-0.2, 0) is 6.42 Å². The van der Waals surface area contributed by atoms with E-state index in [1.807, 2.05) is 12.1 Å². The highest BCUT2D eigenvalue weighted by molar-refractivity contribution is 5.53. The Morgan fingerprint density at radius 2 is 2.39 bits per heavy atom. The van der Waals surface area contributed by atoms with Crippen LogP contribution in [0, 0.1) is 0 Å². The summed E-state index contributed by atoms with van der Waals surface area (Å²) in [6, 6.07) is 6.54. The predicted molar refractivity (Wildman–Crippen MR) is 73.0 cm³/mol. The summed E-state index contributed by atoms with van der Waals surface area (Å²) < 4.78 is 5.70. The summed E-state index contributed by atoms with van der Waals surface area (Å²) >= 11 is 0. The number of anilines is 1. The van der Waals surface area contributed by atoms with Crippen LogP contribution in [0.3, 0.4) is 0 Å². The van der Waals surface area contributed by atoms with Gasteiger partial charge in [0, 0.05) is 31.3 Å². The minimum absolute atomic E-state index is 0.127. The third kappa shape index (κ3) is 3.15. The van der Waals surface area contributed by atoms with Gasteiger partial charge in [0.2, 0.25) is 0 Å². The smallest absolute Gasteiger partial charge is 0.123 e. The maximum absolute atomic E-state index is 8.81. The van der Waals surface area contributed by atoms with Crippen molar-refractivity contribution in [3.8, 4) is 5.75 Å². The fourth-order valence-electron chi connectivity index (χ4n) is 2.30. The van der Waals surface area contributed by atoms with Crippen molar-refractivity contribution in [1.29, 1.82) is 0 Å². The van der Waals surface area contributed by atoms with Crippen molar-refractivity contribution < 1.29 is 9.84 Å². The van der Waals surface area contributed by atoms with Crippen molar-refractivity contribution in [2.45, 2.75) is 38.3 Å². The normalized spacial score (nSPS) is 19.2. The Bertz CT molecular complexity index is 395. The number of rotatable bonds is 6. The van der Waals surface area contributed by atoms with E-state index in [0.29, 0.717) is 12.6 Å². The molecule has 1 aromatic carbocycles. The SMILES string of the molecule is CC(CCCO)Nc1ccc2c(c1)CC(CN)O2. The van der Waals surface area contributed by atoms with Gasteiger partial charge < -0.3 is 20.9 Å². The fraction of sp³-hybridized carbons (Fsp3) is 0.571. The molecule has 0 bridgehead atoms. The third-order valence-corrected chi connectivity index (χ3v) is 3.27. The summed E-state index contributed by atoms with van der Waals surface area (Å²) in [7, 11) is 0. The molecule has 4 heteroatoms. The van der Waals surface area contributed by atoms with E-state index in [9.17, 15) is 0 Å². The Morgan fingerprint density at radius 1 is 1.56 bits per heavy atom. The lowest BCUT2D eigenvalue weighted by atomic mass is 10.1. The summed E-state index contributed by atoms with van der Waals surface area (Å²) in [6.45, 7) is 2.94. The van der Waals surface area contributed by atoms with E-state index in [0.717, 1.165) is 30.7 Å². The molecule has 0 saturated heterocycles. The van der Waals surface area contributed by atoms with E-state index >= 15 is 0 Å². The van der Waals surface area contributed by atoms with Gasteiger partial charge in [-0.25, -0.2) is 0 Å². The number of hydrogen-bond acceptors (Lipinski definition) is 4. The molecule has 0 saturated carbocycles. The Morgan fingerprint density at radius 3 is 3.11 bits per heavy atom. The molecule has 18 heavy (non-hydrogen) atoms. The number of nitrogens with two attached hydrogens (primary N) is 1. The number of hydrogen-bond donors (Lipinski definition) is 3. The third-order valence-electron chi connectivity index (χ3n) is 3.27. The van der Waals surface area contributed by atoms with Crippen LogP contribution in [0.25, 0.3) is 0 Å². The second-order valence-corrected chi connectivity index (χ2v) is 4.91. The van der Waals surface area contributed by atoms with Crippen LogP contribution in [0.2, 0.25) is 0 Å². The van der Waals surface area contributed by atoms with Crippen LogP contribution in [0.1, 0.15) is 25.3 Å². The number of nitrogens with one attached hydrogen (secondary N) is 1. The zero-order valence-electron chi connectivity index (χ0n) is 10.9. The Balaban J connectivity index is 1.96. The van der Waals surface area contributed by atoms with Gasteiger partial charge in [0.15, 0.2) is 0 Å². The molecular formula is C14H22N2O2. The van der Waals surface area contributed by atoms with E-state index < -0.39 is 0 Å². The second-order valence-electron chi connectivity index (χ2n) is 4.91. The highest BCUT2D eigenvalue weighted by Crippen LogP contribution is 2.31. The molecule has 2 rings (SSSR count). The molecule has 0 radical (unpaired) electrons. The van der Waals surface area contributed by atoms with Crippen LogP contribution in [-0.4, -0.2) is 30.4 Å². The number of aliphatic hydroxyl groups excluding tert-OH is 1. The van der Waals surface area contributed by atoms with Crippen LogP contribution in [0.5, 0.6) is 5.75 Å². The lowest BCUT2D eigenvalue weighted by molar-refractivity contribution is 0.241. The first-order valence-electron chi connectivity index (χ1n) is 6.60. The summed E-state index contributed by atoms with van der Waals surface area (Å²) in [5.41, 5.74) is 7.96. The van der Waals surface area contributed by atoms with Crippen LogP contribution in [0.4, 0.5) is 5.69 Å². The molecule has 1 aromatic rings. The Hall–Kier alpha value is -1.26. The van der Waals surface area contributed by atoms with Crippen molar-refractivity contribution in [3.63, 3.8) is 0 Å². The minimum Gasteiger partial charge on any atom is -0.488 e. The first-order valence-corrected chi connectivity index (χ1v) is 6.60. The topological polar surface area (TPSA) is 67.5 Å². The average molecular weight is 250 g/mol. The van der Waals surface area contributed by atoms with Gasteiger partial charge in [-0.3, -0.25) is 0 Å². The predicted octanol–water partition coefficient (Wildman–Crippen LogP) is 1.52. The standard InChI is InChI=1S/C14H22N2O2/c1-10(3-2-6-17)16-12-4-5-14-11(7-12)8-13(9-15)18-14/h4-5,7,10,13,16-17H,2-3,6,8-9,15H2,1H3. The summed E-state index contributed by atoms with van der Waals surface area (Å²) in [6.07, 6.45) is 2.82. The van der Waals surface area contributed by atoms with E-state index in [2.05, 4.69) is 18.3 Å². The molecule has 2 atom stereocenters. The number of fused-ring (bicyclic) bond motifs is 1. The van der Waals surface area contributed by atoms with Crippen LogP contribution in [0.15, 0.2) is 18.2 Å². The highest BCUT2D eigenvalue weighted by Gasteiger charge is 2.21. The molecule has 1 aliphatic heterocycles. The van der Waals surface area contributed by atoms with Crippen molar-refractivity contribution in [3.05, 3.63) is 23.8 Å². The first-order chi connectivity index (χ1) is 8.72. The van der Waals surface area contributed by atoms with Gasteiger partial charge in [0.25, 0.3) is 0 Å². The van der Waals surface area contributed by atoms with Gasteiger partial charge in [-0.15, -0.1) is 0 Å². The van der Waals surface area contributed by atoms with Gasteiger partial charge in [-0.2, -0.15) is 0 Å². The molecule has 1 aliphatic rings. The van der Waals surface area contributed by atoms with E-state index in [-0.39, 0.29) is 12.7 Å². The fourth-order valence-corrected chi connectivity index (χ4v) is 2.30. The van der Waals surface area contributed by atoms with E-state index in [1.54, 1.807) is 0 Å². The van der Waals surface area contributed by atoms with Crippen molar-refractivity contribution in [1.82, 2.24) is 0 Å². The molecule has 100 valence electrons. The molecule has 0 spiro atoms. The molecule has 4 N–H and O–H groups in total. The largest absolute Gasteiger partial charge is 0.488 e. The molecule has 2 unspecified atom stereocenters. The summed E-state index contributed by atoms with van der Waals surface area (Å²) in [5, 5.41) is 12.2. The molecule has 0 aromatic heterocycles. The Labute approximate surface area is 108 Å². The average Bonchev–Trinajstić information content (AvgIpc) is 2.78.